The molecule has 0 aliphatic rings. The van der Waals surface area contributed by atoms with Crippen LogP contribution in [0.25, 0.3) is 0 Å². The van der Waals surface area contributed by atoms with Gasteiger partial charge in [-0.2, -0.15) is 10.5 Å². The van der Waals surface area contributed by atoms with E-state index in [1.807, 2.05) is 68.4 Å². The van der Waals surface area contributed by atoms with E-state index >= 15 is 0 Å². The molecular formula is C28H26Cl3N3. The van der Waals surface area contributed by atoms with Crippen molar-refractivity contribution in [2.45, 2.75) is 45.2 Å². The average molecular weight is 511 g/mol. The first-order valence-corrected chi connectivity index (χ1v) is 12.1. The molecule has 0 heterocycles. The Hall–Kier alpha value is -2.53. The second-order valence-corrected chi connectivity index (χ2v) is 10.3. The van der Waals surface area contributed by atoms with E-state index in [4.69, 9.17) is 34.8 Å². The standard InChI is InChI=1S/C28H26Cl3N3/c1-18(34-27(28(2,3)17-33)22-9-12-25(30)26(31)15-22)24(14-19-7-10-23(29)11-8-19)21-6-4-5-20(13-21)16-32/h4-13,15,18,24,27,34H,14H2,1-3H3/t18-,24?,27-/m0/s1. The number of benzene rings is 3. The van der Waals surface area contributed by atoms with Gasteiger partial charge in [0.1, 0.15) is 0 Å². The first-order chi connectivity index (χ1) is 16.1. The van der Waals surface area contributed by atoms with Crippen LogP contribution >= 0.6 is 34.8 Å². The summed E-state index contributed by atoms with van der Waals surface area (Å²) in [6.07, 6.45) is 0.737. The van der Waals surface area contributed by atoms with Gasteiger partial charge >= 0.3 is 0 Å². The summed E-state index contributed by atoms with van der Waals surface area (Å²) in [7, 11) is 0. The van der Waals surface area contributed by atoms with Crippen molar-refractivity contribution in [2.75, 3.05) is 0 Å². The van der Waals surface area contributed by atoms with Gasteiger partial charge in [0, 0.05) is 17.0 Å². The molecule has 3 rings (SSSR count). The molecule has 3 atom stereocenters. The molecule has 0 aliphatic heterocycles. The lowest BCUT2D eigenvalue weighted by Crippen LogP contribution is -2.42. The molecule has 0 saturated heterocycles. The summed E-state index contributed by atoms with van der Waals surface area (Å²) >= 11 is 18.6. The minimum absolute atomic E-state index is 0.0363. The van der Waals surface area contributed by atoms with E-state index in [2.05, 4.69) is 24.4 Å². The summed E-state index contributed by atoms with van der Waals surface area (Å²) in [5, 5.41) is 24.7. The average Bonchev–Trinajstić information content (AvgIpc) is 2.83. The number of rotatable bonds is 8. The monoisotopic (exact) mass is 509 g/mol. The zero-order valence-corrected chi connectivity index (χ0v) is 21.6. The Morgan fingerprint density at radius 2 is 1.59 bits per heavy atom. The summed E-state index contributed by atoms with van der Waals surface area (Å²) in [4.78, 5) is 0. The van der Waals surface area contributed by atoms with Gasteiger partial charge in [-0.25, -0.2) is 0 Å². The van der Waals surface area contributed by atoms with Crippen LogP contribution in [-0.4, -0.2) is 6.04 Å². The number of nitrogens with one attached hydrogen (secondary N) is 1. The molecule has 34 heavy (non-hydrogen) atoms. The highest BCUT2D eigenvalue weighted by Crippen LogP contribution is 2.37. The predicted octanol–water partition coefficient (Wildman–Crippen LogP) is 8.11. The van der Waals surface area contributed by atoms with Crippen molar-refractivity contribution in [2.24, 2.45) is 5.41 Å². The topological polar surface area (TPSA) is 59.6 Å². The lowest BCUT2D eigenvalue weighted by atomic mass is 9.79. The van der Waals surface area contributed by atoms with E-state index in [0.717, 1.165) is 23.1 Å². The van der Waals surface area contributed by atoms with Gasteiger partial charge in [0.15, 0.2) is 0 Å². The van der Waals surface area contributed by atoms with Gasteiger partial charge in [-0.1, -0.05) is 65.1 Å². The highest BCUT2D eigenvalue weighted by atomic mass is 35.5. The van der Waals surface area contributed by atoms with Gasteiger partial charge in [-0.05, 0) is 80.3 Å². The van der Waals surface area contributed by atoms with Crippen molar-refractivity contribution in [3.8, 4) is 12.1 Å². The maximum Gasteiger partial charge on any atom is 0.0991 e. The van der Waals surface area contributed by atoms with Crippen molar-refractivity contribution in [1.29, 1.82) is 10.5 Å². The Balaban J connectivity index is 2.00. The van der Waals surface area contributed by atoms with Crippen LogP contribution in [0.5, 0.6) is 0 Å². The maximum absolute atomic E-state index is 9.95. The van der Waals surface area contributed by atoms with E-state index in [9.17, 15) is 10.5 Å². The van der Waals surface area contributed by atoms with Crippen molar-refractivity contribution in [1.82, 2.24) is 5.32 Å². The van der Waals surface area contributed by atoms with Crippen LogP contribution in [0, 0.1) is 28.1 Å². The van der Waals surface area contributed by atoms with E-state index in [0.29, 0.717) is 20.6 Å². The van der Waals surface area contributed by atoms with Crippen LogP contribution in [0.3, 0.4) is 0 Å². The number of halogens is 3. The molecule has 0 fully saturated rings. The molecule has 0 saturated carbocycles. The van der Waals surface area contributed by atoms with Gasteiger partial charge in [-0.15, -0.1) is 0 Å². The van der Waals surface area contributed by atoms with E-state index in [1.54, 1.807) is 12.1 Å². The van der Waals surface area contributed by atoms with Gasteiger partial charge < -0.3 is 5.32 Å². The van der Waals surface area contributed by atoms with Gasteiger partial charge in [0.2, 0.25) is 0 Å². The van der Waals surface area contributed by atoms with Gasteiger partial charge in [-0.3, -0.25) is 0 Å². The fourth-order valence-electron chi connectivity index (χ4n) is 4.15. The minimum Gasteiger partial charge on any atom is -0.305 e. The van der Waals surface area contributed by atoms with Crippen LogP contribution in [0.2, 0.25) is 15.1 Å². The highest BCUT2D eigenvalue weighted by Gasteiger charge is 2.34. The van der Waals surface area contributed by atoms with Crippen molar-refractivity contribution in [3.63, 3.8) is 0 Å². The van der Waals surface area contributed by atoms with Crippen molar-refractivity contribution >= 4 is 34.8 Å². The number of hydrogen-bond donors (Lipinski definition) is 1. The zero-order chi connectivity index (χ0) is 24.9. The summed E-state index contributed by atoms with van der Waals surface area (Å²) in [5.74, 6) is 0.0363. The molecule has 0 aromatic heterocycles. The van der Waals surface area contributed by atoms with E-state index < -0.39 is 5.41 Å². The van der Waals surface area contributed by atoms with Crippen molar-refractivity contribution in [3.05, 3.63) is 104 Å². The first-order valence-electron chi connectivity index (χ1n) is 11.0. The molecule has 3 aromatic carbocycles. The molecule has 3 nitrogen and oxygen atoms in total. The number of nitrogens with zero attached hydrogens (tertiary/aromatic N) is 2. The smallest absolute Gasteiger partial charge is 0.0991 e. The summed E-state index contributed by atoms with van der Waals surface area (Å²) < 4.78 is 0. The molecule has 6 heteroatoms. The molecule has 0 spiro atoms. The quantitative estimate of drug-likeness (QED) is 0.333. The molecule has 1 N–H and O–H groups in total. The first kappa shape index (κ1) is 26.1. The Labute approximate surface area is 216 Å². The third-order valence-corrected chi connectivity index (χ3v) is 7.12. The lowest BCUT2D eigenvalue weighted by Gasteiger charge is -2.36. The van der Waals surface area contributed by atoms with Crippen LogP contribution in [0.15, 0.2) is 66.7 Å². The normalized spacial score (nSPS) is 14.0. The fraction of sp³-hybridized carbons (Fsp3) is 0.286. The van der Waals surface area contributed by atoms with Crippen LogP contribution in [0.4, 0.5) is 0 Å². The SMILES string of the molecule is C[C@H](N[C@@H](c1ccc(Cl)c(Cl)c1)C(C)(C)C#N)C(Cc1ccc(Cl)cc1)c1cccc(C#N)c1. The Kier molecular flexibility index (Phi) is 8.64. The second kappa shape index (κ2) is 11.3. The summed E-state index contributed by atoms with van der Waals surface area (Å²) in [6.45, 7) is 5.92. The molecule has 0 radical (unpaired) electrons. The van der Waals surface area contributed by atoms with Crippen LogP contribution in [0.1, 0.15) is 55.0 Å². The fourth-order valence-corrected chi connectivity index (χ4v) is 4.59. The Morgan fingerprint density at radius 3 is 2.21 bits per heavy atom. The van der Waals surface area contributed by atoms with E-state index in [1.165, 1.54) is 0 Å². The lowest BCUT2D eigenvalue weighted by molar-refractivity contribution is 0.281. The van der Waals surface area contributed by atoms with Gasteiger partial charge in [0.25, 0.3) is 0 Å². The maximum atomic E-state index is 9.95. The third kappa shape index (κ3) is 6.32. The predicted molar refractivity (Wildman–Crippen MR) is 140 cm³/mol. The zero-order valence-electron chi connectivity index (χ0n) is 19.3. The Morgan fingerprint density at radius 1 is 0.882 bits per heavy atom. The largest absolute Gasteiger partial charge is 0.305 e. The van der Waals surface area contributed by atoms with E-state index in [-0.39, 0.29) is 18.0 Å². The molecule has 174 valence electrons. The summed E-state index contributed by atoms with van der Waals surface area (Å²) in [6, 6.07) is 25.3. The van der Waals surface area contributed by atoms with Gasteiger partial charge in [0.05, 0.1) is 39.2 Å². The Bertz CT molecular complexity index is 1220. The molecule has 0 aliphatic carbocycles. The molecule has 0 amide bonds. The molecule has 1 unspecified atom stereocenters. The summed E-state index contributed by atoms with van der Waals surface area (Å²) in [5.41, 5.74) is 2.98. The number of hydrogen-bond acceptors (Lipinski definition) is 3. The van der Waals surface area contributed by atoms with Crippen LogP contribution < -0.4 is 5.32 Å². The van der Waals surface area contributed by atoms with Crippen LogP contribution in [-0.2, 0) is 6.42 Å². The minimum atomic E-state index is -0.718. The third-order valence-electron chi connectivity index (χ3n) is 6.13. The molecule has 3 aromatic rings. The molecule has 0 bridgehead atoms. The number of nitriles is 2. The second-order valence-electron chi connectivity index (χ2n) is 9.07. The van der Waals surface area contributed by atoms with Crippen molar-refractivity contribution < 1.29 is 0 Å². The highest BCUT2D eigenvalue weighted by molar-refractivity contribution is 6.42. The molecular weight excluding hydrogens is 485 g/mol.